The van der Waals surface area contributed by atoms with Gasteiger partial charge in [0, 0.05) is 31.5 Å². The summed E-state index contributed by atoms with van der Waals surface area (Å²) in [4.78, 5) is 16.0. The number of benzene rings is 1. The minimum atomic E-state index is -0.0127. The lowest BCUT2D eigenvalue weighted by molar-refractivity contribution is -0.00732. The Labute approximate surface area is 244 Å². The van der Waals surface area contributed by atoms with E-state index in [1.54, 1.807) is 7.11 Å². The van der Waals surface area contributed by atoms with Crippen LogP contribution in [0.25, 0.3) is 0 Å². The highest BCUT2D eigenvalue weighted by atomic mass is 32.1. The van der Waals surface area contributed by atoms with Crippen LogP contribution in [0.5, 0.6) is 0 Å². The van der Waals surface area contributed by atoms with E-state index in [0.717, 1.165) is 42.2 Å². The van der Waals surface area contributed by atoms with Gasteiger partial charge in [-0.15, -0.1) is 0 Å². The number of Topliss-reactive ketones (excluding diaryl/α,β-unsaturated/α-hetero) is 1. The molecular weight excluding hydrogens is 530 g/mol. The maximum atomic E-state index is 13.6. The Kier molecular flexibility index (Phi) is 12.1. The summed E-state index contributed by atoms with van der Waals surface area (Å²) in [7, 11) is 1.65. The Morgan fingerprint density at radius 3 is 2.25 bits per heavy atom. The quantitative estimate of drug-likeness (QED) is 0.200. The van der Waals surface area contributed by atoms with Crippen molar-refractivity contribution >= 4 is 28.8 Å². The number of hydrogen-bond acceptors (Lipinski definition) is 8. The monoisotopic (exact) mass is 577 g/mol. The number of likely N-dealkylation sites (tertiary alicyclic amines) is 1. The molecule has 0 unspecified atom stereocenters. The van der Waals surface area contributed by atoms with E-state index < -0.39 is 0 Å². The maximum Gasteiger partial charge on any atom is 0.180 e. The van der Waals surface area contributed by atoms with E-state index >= 15 is 0 Å². The van der Waals surface area contributed by atoms with Gasteiger partial charge in [0.1, 0.15) is 0 Å². The summed E-state index contributed by atoms with van der Waals surface area (Å²) >= 11 is 5.51. The number of piperidine rings is 1. The fraction of sp³-hybridized carbons (Fsp3) is 0.733. The number of carbonyl (C=O) groups excluding carboxylic acids is 1. The van der Waals surface area contributed by atoms with Gasteiger partial charge in [-0.3, -0.25) is 9.69 Å². The number of fused-ring (bicyclic) bond motifs is 4. The number of anilines is 1. The predicted molar refractivity (Wildman–Crippen MR) is 159 cm³/mol. The van der Waals surface area contributed by atoms with E-state index in [1.165, 1.54) is 12.8 Å². The molecule has 2 fully saturated rings. The molecule has 3 aliphatic rings. The zero-order chi connectivity index (χ0) is 28.4. The first kappa shape index (κ1) is 31.3. The molecule has 10 heteroatoms. The summed E-state index contributed by atoms with van der Waals surface area (Å²) in [5.41, 5.74) is 2.93. The van der Waals surface area contributed by atoms with Crippen molar-refractivity contribution in [3.05, 3.63) is 29.3 Å². The summed E-state index contributed by atoms with van der Waals surface area (Å²) < 4.78 is 26.8. The van der Waals surface area contributed by atoms with E-state index in [4.69, 9.17) is 35.9 Å². The van der Waals surface area contributed by atoms with Gasteiger partial charge < -0.3 is 34.3 Å². The van der Waals surface area contributed by atoms with Gasteiger partial charge in [0.25, 0.3) is 0 Å². The average molecular weight is 578 g/mol. The fourth-order valence-corrected chi connectivity index (χ4v) is 6.02. The van der Waals surface area contributed by atoms with Crippen molar-refractivity contribution in [1.82, 2.24) is 10.2 Å². The summed E-state index contributed by atoms with van der Waals surface area (Å²) in [5, 5.41) is 7.03. The molecule has 0 radical (unpaired) electrons. The third kappa shape index (κ3) is 8.44. The van der Waals surface area contributed by atoms with Crippen molar-refractivity contribution in [2.24, 2.45) is 11.8 Å². The van der Waals surface area contributed by atoms with Crippen molar-refractivity contribution in [2.75, 3.05) is 91.5 Å². The Hall–Kier alpha value is -1.66. The van der Waals surface area contributed by atoms with Crippen molar-refractivity contribution in [1.29, 1.82) is 0 Å². The molecule has 2 N–H and O–H groups in total. The summed E-state index contributed by atoms with van der Waals surface area (Å²) in [6, 6.07) is 6.10. The zero-order valence-corrected chi connectivity index (χ0v) is 25.2. The lowest BCUT2D eigenvalue weighted by Gasteiger charge is -2.53. The summed E-state index contributed by atoms with van der Waals surface area (Å²) in [6.07, 6.45) is 3.70. The van der Waals surface area contributed by atoms with Gasteiger partial charge >= 0.3 is 0 Å². The van der Waals surface area contributed by atoms with E-state index in [0.29, 0.717) is 77.0 Å². The van der Waals surface area contributed by atoms with Crippen LogP contribution in [0.4, 0.5) is 5.69 Å². The van der Waals surface area contributed by atoms with Gasteiger partial charge in [0.2, 0.25) is 0 Å². The molecule has 1 aromatic rings. The van der Waals surface area contributed by atoms with Crippen LogP contribution in [0.2, 0.25) is 0 Å². The second-order valence-electron chi connectivity index (χ2n) is 11.3. The first-order chi connectivity index (χ1) is 19.4. The number of ketones is 1. The normalized spacial score (nSPS) is 24.1. The van der Waals surface area contributed by atoms with Crippen molar-refractivity contribution < 1.29 is 28.5 Å². The van der Waals surface area contributed by atoms with E-state index in [1.807, 2.05) is 12.1 Å². The number of nitrogens with one attached hydrogen (secondary N) is 2. The smallest absolute Gasteiger partial charge is 0.180 e. The molecule has 9 nitrogen and oxygen atoms in total. The number of nitrogens with zero attached hydrogens (tertiary/aromatic N) is 1. The molecule has 0 aromatic heterocycles. The van der Waals surface area contributed by atoms with E-state index in [9.17, 15) is 4.79 Å². The lowest BCUT2D eigenvalue weighted by atomic mass is 9.58. The predicted octanol–water partition coefficient (Wildman–Crippen LogP) is 3.26. The number of ether oxygens (including phenoxy) is 5. The summed E-state index contributed by atoms with van der Waals surface area (Å²) in [6.45, 7) is 12.1. The largest absolute Gasteiger partial charge is 0.382 e. The van der Waals surface area contributed by atoms with E-state index in [2.05, 4.69) is 35.4 Å². The van der Waals surface area contributed by atoms with Crippen LogP contribution in [-0.4, -0.2) is 108 Å². The fourth-order valence-electron chi connectivity index (χ4n) is 5.80. The summed E-state index contributed by atoms with van der Waals surface area (Å²) in [5.74, 6) is 1.36. The van der Waals surface area contributed by atoms with Crippen LogP contribution >= 0.6 is 12.2 Å². The van der Waals surface area contributed by atoms with Crippen LogP contribution in [0.15, 0.2) is 18.2 Å². The van der Waals surface area contributed by atoms with Crippen LogP contribution in [0, 0.1) is 11.8 Å². The van der Waals surface area contributed by atoms with Crippen LogP contribution < -0.4 is 10.6 Å². The SMILES string of the molecule is COCCOCCOCCOCCOCCNC(=S)Nc1ccc2c(c1)[C@]1(C)CCN(CC3CC3)[C@H](C2=O)[C@@H]1C. The first-order valence-electron chi connectivity index (χ1n) is 14.7. The average Bonchev–Trinajstić information content (AvgIpc) is 3.76. The van der Waals surface area contributed by atoms with Crippen LogP contribution in [0.3, 0.4) is 0 Å². The van der Waals surface area contributed by atoms with Gasteiger partial charge in [-0.25, -0.2) is 0 Å². The molecule has 1 saturated heterocycles. The second-order valence-corrected chi connectivity index (χ2v) is 11.7. The van der Waals surface area contributed by atoms with Crippen molar-refractivity contribution in [3.63, 3.8) is 0 Å². The Bertz CT molecular complexity index is 977. The van der Waals surface area contributed by atoms with Crippen molar-refractivity contribution in [3.8, 4) is 0 Å². The van der Waals surface area contributed by atoms with E-state index in [-0.39, 0.29) is 17.2 Å². The molecule has 4 rings (SSSR count). The topological polar surface area (TPSA) is 90.5 Å². The molecule has 3 atom stereocenters. The third-order valence-electron chi connectivity index (χ3n) is 8.49. The number of carbonyl (C=O) groups is 1. The molecule has 1 aliphatic heterocycles. The van der Waals surface area contributed by atoms with Crippen molar-refractivity contribution in [2.45, 2.75) is 44.6 Å². The van der Waals surface area contributed by atoms with Gasteiger partial charge in [0.15, 0.2) is 10.9 Å². The third-order valence-corrected chi connectivity index (χ3v) is 8.73. The number of thiocarbonyl (C=S) groups is 1. The maximum absolute atomic E-state index is 13.6. The zero-order valence-electron chi connectivity index (χ0n) is 24.4. The number of methoxy groups -OCH3 is 1. The van der Waals surface area contributed by atoms with Gasteiger partial charge in [-0.1, -0.05) is 13.8 Å². The number of rotatable bonds is 18. The molecule has 1 aromatic carbocycles. The number of hydrogen-bond donors (Lipinski definition) is 2. The standard InChI is InChI=1S/C30H47N3O6S/c1-22-27-28(34)25-7-6-24(20-26(25)30(22,2)8-10-33(27)21-23-4-5-23)32-29(40)31-9-11-36-14-15-38-18-19-39-17-16-37-13-12-35-3/h6-7,20,22-23,27H,4-5,8-19,21H2,1-3H3,(H2,31,32,40)/t22-,27-,30+/m0/s1. The molecule has 1 saturated carbocycles. The van der Waals surface area contributed by atoms with Gasteiger partial charge in [0.05, 0.1) is 65.5 Å². The van der Waals surface area contributed by atoms with Gasteiger partial charge in [-0.2, -0.15) is 0 Å². The second kappa shape index (κ2) is 15.5. The highest BCUT2D eigenvalue weighted by Gasteiger charge is 2.52. The highest BCUT2D eigenvalue weighted by Crippen LogP contribution is 2.49. The minimum Gasteiger partial charge on any atom is -0.382 e. The molecule has 0 amide bonds. The molecule has 224 valence electrons. The Morgan fingerprint density at radius 1 is 1.00 bits per heavy atom. The molecule has 40 heavy (non-hydrogen) atoms. The van der Waals surface area contributed by atoms with Crippen LogP contribution in [-0.2, 0) is 29.1 Å². The minimum absolute atomic E-state index is 0.00333. The first-order valence-corrected chi connectivity index (χ1v) is 15.1. The van der Waals surface area contributed by atoms with Crippen LogP contribution in [0.1, 0.15) is 49.0 Å². The molecule has 0 spiro atoms. The highest BCUT2D eigenvalue weighted by molar-refractivity contribution is 7.80. The molecule has 2 aliphatic carbocycles. The van der Waals surface area contributed by atoms with Gasteiger partial charge in [-0.05, 0) is 79.0 Å². The molecule has 2 bridgehead atoms. The lowest BCUT2D eigenvalue weighted by Crippen LogP contribution is -2.61. The molecule has 1 heterocycles. The Morgan fingerprint density at radius 2 is 1.62 bits per heavy atom. The molecular formula is C30H47N3O6S. The Balaban J connectivity index is 1.11.